The summed E-state index contributed by atoms with van der Waals surface area (Å²) >= 11 is 0. The van der Waals surface area contributed by atoms with Crippen molar-refractivity contribution >= 4 is 29.0 Å². The SMILES string of the molecule is COC(=O)c1ccccc1Nc1ncnc(NN(C)C)c1[N+](=O)[O-]. The van der Waals surface area contributed by atoms with Crippen LogP contribution in [0.15, 0.2) is 30.6 Å². The highest BCUT2D eigenvalue weighted by Gasteiger charge is 2.24. The Balaban J connectivity index is 2.47. The zero-order chi connectivity index (χ0) is 17.7. The van der Waals surface area contributed by atoms with Gasteiger partial charge in [-0.1, -0.05) is 12.1 Å². The predicted molar refractivity (Wildman–Crippen MR) is 87.1 cm³/mol. The van der Waals surface area contributed by atoms with Gasteiger partial charge >= 0.3 is 11.7 Å². The number of benzene rings is 1. The molecule has 0 radical (unpaired) electrons. The van der Waals surface area contributed by atoms with E-state index >= 15 is 0 Å². The number of hydrogen-bond donors (Lipinski definition) is 2. The maximum Gasteiger partial charge on any atom is 0.354 e. The van der Waals surface area contributed by atoms with Crippen molar-refractivity contribution in [1.29, 1.82) is 0 Å². The number of nitrogens with one attached hydrogen (secondary N) is 2. The normalized spacial score (nSPS) is 10.3. The van der Waals surface area contributed by atoms with Crippen LogP contribution in [-0.4, -0.2) is 47.1 Å². The summed E-state index contributed by atoms with van der Waals surface area (Å²) in [7, 11) is 4.60. The van der Waals surface area contributed by atoms with Gasteiger partial charge in [0.2, 0.25) is 11.6 Å². The van der Waals surface area contributed by atoms with E-state index in [4.69, 9.17) is 4.74 Å². The molecule has 1 aromatic carbocycles. The van der Waals surface area contributed by atoms with Gasteiger partial charge in [0.25, 0.3) is 0 Å². The molecule has 0 saturated carbocycles. The lowest BCUT2D eigenvalue weighted by Crippen LogP contribution is -2.21. The Kier molecular flexibility index (Phi) is 5.22. The van der Waals surface area contributed by atoms with Crippen LogP contribution in [0.25, 0.3) is 0 Å². The van der Waals surface area contributed by atoms with Crippen LogP contribution in [0.2, 0.25) is 0 Å². The minimum atomic E-state index is -0.602. The molecule has 24 heavy (non-hydrogen) atoms. The van der Waals surface area contributed by atoms with E-state index in [1.807, 2.05) is 0 Å². The fourth-order valence-electron chi connectivity index (χ4n) is 1.94. The number of nitrogens with zero attached hydrogens (tertiary/aromatic N) is 4. The summed E-state index contributed by atoms with van der Waals surface area (Å²) in [6, 6.07) is 6.48. The molecule has 1 aromatic heterocycles. The van der Waals surface area contributed by atoms with E-state index in [1.54, 1.807) is 38.4 Å². The van der Waals surface area contributed by atoms with Gasteiger partial charge in [0.05, 0.1) is 23.3 Å². The van der Waals surface area contributed by atoms with E-state index in [1.165, 1.54) is 18.4 Å². The van der Waals surface area contributed by atoms with Crippen LogP contribution in [0.5, 0.6) is 0 Å². The van der Waals surface area contributed by atoms with Crippen LogP contribution in [0.1, 0.15) is 10.4 Å². The average Bonchev–Trinajstić information content (AvgIpc) is 2.54. The number of carbonyl (C=O) groups excluding carboxylic acids is 1. The number of rotatable bonds is 6. The number of ether oxygens (including phenoxy) is 1. The first-order valence-corrected chi connectivity index (χ1v) is 6.81. The zero-order valence-electron chi connectivity index (χ0n) is 13.3. The second kappa shape index (κ2) is 7.33. The number of anilines is 3. The van der Waals surface area contributed by atoms with Gasteiger partial charge in [0, 0.05) is 14.1 Å². The number of methoxy groups -OCH3 is 1. The number of aromatic nitrogens is 2. The molecule has 2 rings (SSSR count). The van der Waals surface area contributed by atoms with E-state index in [-0.39, 0.29) is 22.9 Å². The summed E-state index contributed by atoms with van der Waals surface area (Å²) < 4.78 is 4.70. The quantitative estimate of drug-likeness (QED) is 0.463. The third-order valence-electron chi connectivity index (χ3n) is 2.92. The van der Waals surface area contributed by atoms with Gasteiger partial charge in [-0.15, -0.1) is 0 Å². The van der Waals surface area contributed by atoms with Crippen LogP contribution in [-0.2, 0) is 4.74 Å². The fourth-order valence-corrected chi connectivity index (χ4v) is 1.94. The number of hydrazine groups is 1. The molecular formula is C14H16N6O4. The third kappa shape index (κ3) is 3.73. The molecule has 0 spiro atoms. The molecule has 0 aliphatic rings. The summed E-state index contributed by atoms with van der Waals surface area (Å²) in [5.41, 5.74) is 2.96. The van der Waals surface area contributed by atoms with E-state index in [0.29, 0.717) is 5.69 Å². The summed E-state index contributed by atoms with van der Waals surface area (Å²) in [5, 5.41) is 15.7. The molecule has 2 N–H and O–H groups in total. The topological polar surface area (TPSA) is 123 Å². The summed E-state index contributed by atoms with van der Waals surface area (Å²) in [5.74, 6) is -0.588. The largest absolute Gasteiger partial charge is 0.465 e. The predicted octanol–water partition coefficient (Wildman–Crippen LogP) is 1.80. The molecule has 0 bridgehead atoms. The minimum absolute atomic E-state index is 0.0260. The van der Waals surface area contributed by atoms with Crippen LogP contribution in [0, 0.1) is 10.1 Å². The number of para-hydroxylation sites is 1. The number of carbonyl (C=O) groups is 1. The summed E-state index contributed by atoms with van der Waals surface area (Å²) in [6.07, 6.45) is 1.18. The molecule has 0 fully saturated rings. The highest BCUT2D eigenvalue weighted by Crippen LogP contribution is 2.32. The van der Waals surface area contributed by atoms with Gasteiger partial charge in [0.1, 0.15) is 6.33 Å². The Bertz CT molecular complexity index is 765. The highest BCUT2D eigenvalue weighted by molar-refractivity contribution is 5.96. The average molecular weight is 332 g/mol. The van der Waals surface area contributed by atoms with Crippen molar-refractivity contribution < 1.29 is 14.5 Å². The van der Waals surface area contributed by atoms with Crippen molar-refractivity contribution in [3.63, 3.8) is 0 Å². The van der Waals surface area contributed by atoms with E-state index in [2.05, 4.69) is 20.7 Å². The van der Waals surface area contributed by atoms with Gasteiger partial charge < -0.3 is 10.1 Å². The molecule has 126 valence electrons. The molecule has 2 aromatic rings. The maximum absolute atomic E-state index is 11.8. The van der Waals surface area contributed by atoms with Gasteiger partial charge in [-0.05, 0) is 12.1 Å². The first kappa shape index (κ1) is 17.1. The molecule has 10 heteroatoms. The summed E-state index contributed by atoms with van der Waals surface area (Å²) in [4.78, 5) is 30.4. The first-order valence-electron chi connectivity index (χ1n) is 6.81. The molecule has 1 heterocycles. The van der Waals surface area contributed by atoms with Crippen molar-refractivity contribution in [2.75, 3.05) is 31.9 Å². The van der Waals surface area contributed by atoms with Crippen molar-refractivity contribution in [2.45, 2.75) is 0 Å². The third-order valence-corrected chi connectivity index (χ3v) is 2.92. The fraction of sp³-hybridized carbons (Fsp3) is 0.214. The van der Waals surface area contributed by atoms with Crippen molar-refractivity contribution in [1.82, 2.24) is 15.0 Å². The molecule has 0 aliphatic carbocycles. The standard InChI is InChI=1S/C14H16N6O4/c1-19(2)18-13-11(20(22)23)12(15-8-16-13)17-10-7-5-4-6-9(10)14(21)24-3/h4-8H,1-3H3,(H2,15,16,17,18). The Morgan fingerprint density at radius 2 is 1.92 bits per heavy atom. The van der Waals surface area contributed by atoms with E-state index in [9.17, 15) is 14.9 Å². The zero-order valence-corrected chi connectivity index (χ0v) is 13.3. The van der Waals surface area contributed by atoms with Crippen molar-refractivity contribution in [2.24, 2.45) is 0 Å². The first-order chi connectivity index (χ1) is 11.4. The van der Waals surface area contributed by atoms with Crippen LogP contribution >= 0.6 is 0 Å². The molecular weight excluding hydrogens is 316 g/mol. The van der Waals surface area contributed by atoms with Gasteiger partial charge in [0.15, 0.2) is 0 Å². The maximum atomic E-state index is 11.8. The number of hydrogen-bond acceptors (Lipinski definition) is 9. The Morgan fingerprint density at radius 1 is 1.25 bits per heavy atom. The van der Waals surface area contributed by atoms with E-state index in [0.717, 1.165) is 0 Å². The number of nitro groups is 1. The van der Waals surface area contributed by atoms with Crippen LogP contribution < -0.4 is 10.7 Å². The molecule has 10 nitrogen and oxygen atoms in total. The Hall–Kier alpha value is -3.27. The van der Waals surface area contributed by atoms with Gasteiger partial charge in [-0.25, -0.2) is 19.8 Å². The Labute approximate surface area is 137 Å². The summed E-state index contributed by atoms with van der Waals surface area (Å²) in [6.45, 7) is 0. The molecule has 0 unspecified atom stereocenters. The molecule has 0 aliphatic heterocycles. The van der Waals surface area contributed by atoms with Crippen molar-refractivity contribution in [3.05, 3.63) is 46.3 Å². The Morgan fingerprint density at radius 3 is 2.54 bits per heavy atom. The lowest BCUT2D eigenvalue weighted by atomic mass is 10.2. The monoisotopic (exact) mass is 332 g/mol. The van der Waals surface area contributed by atoms with Crippen LogP contribution in [0.3, 0.4) is 0 Å². The highest BCUT2D eigenvalue weighted by atomic mass is 16.6. The van der Waals surface area contributed by atoms with Gasteiger partial charge in [-0.3, -0.25) is 15.5 Å². The van der Waals surface area contributed by atoms with E-state index < -0.39 is 10.9 Å². The minimum Gasteiger partial charge on any atom is -0.465 e. The smallest absolute Gasteiger partial charge is 0.354 e. The second-order valence-corrected chi connectivity index (χ2v) is 4.84. The lowest BCUT2D eigenvalue weighted by Gasteiger charge is -2.14. The van der Waals surface area contributed by atoms with Gasteiger partial charge in [-0.2, -0.15) is 0 Å². The lowest BCUT2D eigenvalue weighted by molar-refractivity contribution is -0.383. The molecule has 0 atom stereocenters. The number of esters is 1. The van der Waals surface area contributed by atoms with Crippen molar-refractivity contribution in [3.8, 4) is 0 Å². The molecule has 0 saturated heterocycles. The second-order valence-electron chi connectivity index (χ2n) is 4.84. The van der Waals surface area contributed by atoms with Crippen LogP contribution in [0.4, 0.5) is 23.0 Å². The molecule has 0 amide bonds.